The van der Waals surface area contributed by atoms with Crippen LogP contribution in [0, 0.1) is 10.1 Å². The van der Waals surface area contributed by atoms with Crippen molar-refractivity contribution in [2.45, 2.75) is 19.4 Å². The molecule has 0 spiro atoms. The summed E-state index contributed by atoms with van der Waals surface area (Å²) < 4.78 is 23.9. The third-order valence-corrected chi connectivity index (χ3v) is 2.64. The first kappa shape index (κ1) is 25.1. The van der Waals surface area contributed by atoms with E-state index in [1.165, 1.54) is 0 Å². The van der Waals surface area contributed by atoms with Gasteiger partial charge in [0.05, 0.1) is 19.8 Å². The maximum atomic E-state index is 11.5. The van der Waals surface area contributed by atoms with Crippen molar-refractivity contribution in [3.63, 3.8) is 0 Å². The fraction of sp³-hybridized carbons (Fsp3) is 0.786. The summed E-state index contributed by atoms with van der Waals surface area (Å²) in [6.07, 6.45) is -1.37. The number of ether oxygens (including phenoxy) is 5. The Labute approximate surface area is 160 Å². The molecule has 0 rings (SSSR count). The van der Waals surface area contributed by atoms with Gasteiger partial charge in [-0.3, -0.25) is 0 Å². The fourth-order valence-electron chi connectivity index (χ4n) is 1.45. The van der Waals surface area contributed by atoms with Crippen LogP contribution in [0.1, 0.15) is 13.3 Å². The predicted octanol–water partition coefficient (Wildman–Crippen LogP) is -0.0295. The lowest BCUT2D eigenvalue weighted by atomic mass is 10.3. The number of amides is 1. The van der Waals surface area contributed by atoms with Crippen molar-refractivity contribution in [2.75, 3.05) is 52.9 Å². The summed E-state index contributed by atoms with van der Waals surface area (Å²) in [4.78, 5) is 47.8. The molecule has 0 aromatic carbocycles. The van der Waals surface area contributed by atoms with E-state index < -0.39 is 36.0 Å². The number of alkyl carbamates (subject to hydrolysis) is 1. The third-order valence-electron chi connectivity index (χ3n) is 2.64. The van der Waals surface area contributed by atoms with Crippen LogP contribution in [0.25, 0.3) is 0 Å². The maximum Gasteiger partial charge on any atom is 0.508 e. The maximum absolute atomic E-state index is 11.5. The van der Waals surface area contributed by atoms with Gasteiger partial charge in [-0.25, -0.2) is 14.4 Å². The van der Waals surface area contributed by atoms with E-state index in [2.05, 4.69) is 19.0 Å². The van der Waals surface area contributed by atoms with Gasteiger partial charge >= 0.3 is 18.2 Å². The molecule has 0 radical (unpaired) electrons. The minimum atomic E-state index is -1.55. The Bertz CT molecular complexity index is 487. The topological polar surface area (TPSA) is 182 Å². The summed E-state index contributed by atoms with van der Waals surface area (Å²) in [5.74, 6) is -1.45. The molecule has 0 aliphatic heterocycles. The molecular weight excluding hydrogens is 388 g/mol. The standard InChI is InChI=1S/C14H24N2O12/c1-2-3-23-5-8-26-14(20)27-10-11(12(17)18)15-13(19)25-7-4-24-6-9-28-16(21)22/h11H,2-10H2,1H3,(H,15,19)(H,17,18). The van der Waals surface area contributed by atoms with E-state index in [1.807, 2.05) is 12.2 Å². The number of nitrogens with one attached hydrogen (secondary N) is 1. The molecule has 1 unspecified atom stereocenters. The van der Waals surface area contributed by atoms with E-state index in [-0.39, 0.29) is 39.6 Å². The number of carboxylic acid groups (broad SMARTS) is 1. The van der Waals surface area contributed by atoms with Crippen molar-refractivity contribution in [1.82, 2.24) is 5.32 Å². The fourth-order valence-corrected chi connectivity index (χ4v) is 1.45. The molecule has 0 saturated heterocycles. The average Bonchev–Trinajstić information content (AvgIpc) is 2.63. The van der Waals surface area contributed by atoms with Crippen LogP contribution >= 0.6 is 0 Å². The summed E-state index contributed by atoms with van der Waals surface area (Å²) in [5, 5.41) is 19.9. The van der Waals surface area contributed by atoms with Crippen LogP contribution in [0.5, 0.6) is 0 Å². The Kier molecular flexibility index (Phi) is 14.6. The number of rotatable bonds is 16. The minimum Gasteiger partial charge on any atom is -0.480 e. The molecule has 0 aliphatic rings. The summed E-state index contributed by atoms with van der Waals surface area (Å²) in [6.45, 7) is 1.18. The molecule has 14 nitrogen and oxygen atoms in total. The second-order valence-electron chi connectivity index (χ2n) is 4.86. The van der Waals surface area contributed by atoms with Crippen LogP contribution in [-0.2, 0) is 33.3 Å². The normalized spacial score (nSPS) is 11.2. The quantitative estimate of drug-likeness (QED) is 0.150. The van der Waals surface area contributed by atoms with Crippen molar-refractivity contribution in [1.29, 1.82) is 0 Å². The zero-order valence-electron chi connectivity index (χ0n) is 15.3. The van der Waals surface area contributed by atoms with Crippen molar-refractivity contribution >= 4 is 18.2 Å². The van der Waals surface area contributed by atoms with Gasteiger partial charge in [-0.15, -0.1) is 10.1 Å². The Morgan fingerprint density at radius 2 is 1.57 bits per heavy atom. The Balaban J connectivity index is 3.90. The van der Waals surface area contributed by atoms with Gasteiger partial charge < -0.3 is 38.9 Å². The van der Waals surface area contributed by atoms with E-state index >= 15 is 0 Å². The Morgan fingerprint density at radius 3 is 2.18 bits per heavy atom. The molecular formula is C14H24N2O12. The third kappa shape index (κ3) is 15.4. The van der Waals surface area contributed by atoms with Crippen LogP contribution in [0.2, 0.25) is 0 Å². The first-order valence-electron chi connectivity index (χ1n) is 8.25. The molecule has 0 aromatic heterocycles. The van der Waals surface area contributed by atoms with E-state index in [4.69, 9.17) is 14.6 Å². The molecule has 28 heavy (non-hydrogen) atoms. The molecule has 1 atom stereocenters. The van der Waals surface area contributed by atoms with Gasteiger partial charge in [0.15, 0.2) is 6.04 Å². The number of aliphatic carboxylic acids is 1. The van der Waals surface area contributed by atoms with Crippen LogP contribution in [0.4, 0.5) is 9.59 Å². The van der Waals surface area contributed by atoms with Gasteiger partial charge in [-0.2, -0.15) is 0 Å². The first-order valence-corrected chi connectivity index (χ1v) is 8.25. The summed E-state index contributed by atoms with van der Waals surface area (Å²) in [5.41, 5.74) is 0. The lowest BCUT2D eigenvalue weighted by Gasteiger charge is -2.14. The highest BCUT2D eigenvalue weighted by Gasteiger charge is 2.23. The Hall–Kier alpha value is -2.87. The number of carboxylic acids is 1. The van der Waals surface area contributed by atoms with E-state index in [0.717, 1.165) is 6.42 Å². The molecule has 162 valence electrons. The molecule has 0 heterocycles. The molecule has 0 saturated carbocycles. The first-order chi connectivity index (χ1) is 13.4. The van der Waals surface area contributed by atoms with E-state index in [0.29, 0.717) is 6.61 Å². The number of hydrogen-bond donors (Lipinski definition) is 2. The van der Waals surface area contributed by atoms with E-state index in [9.17, 15) is 24.5 Å². The average molecular weight is 412 g/mol. The van der Waals surface area contributed by atoms with Crippen LogP contribution in [-0.4, -0.2) is 87.3 Å². The lowest BCUT2D eigenvalue weighted by Crippen LogP contribution is -2.45. The summed E-state index contributed by atoms with van der Waals surface area (Å²) in [6, 6.07) is -1.55. The van der Waals surface area contributed by atoms with Crippen molar-refractivity contribution in [2.24, 2.45) is 0 Å². The number of carbonyl (C=O) groups excluding carboxylic acids is 2. The predicted molar refractivity (Wildman–Crippen MR) is 88.1 cm³/mol. The van der Waals surface area contributed by atoms with Crippen LogP contribution in [0.15, 0.2) is 0 Å². The number of hydrogen-bond acceptors (Lipinski definition) is 11. The summed E-state index contributed by atoms with van der Waals surface area (Å²) in [7, 11) is 0. The van der Waals surface area contributed by atoms with Crippen LogP contribution < -0.4 is 5.32 Å². The van der Waals surface area contributed by atoms with Crippen molar-refractivity contribution in [3.05, 3.63) is 10.1 Å². The van der Waals surface area contributed by atoms with Gasteiger partial charge in [0.25, 0.3) is 5.09 Å². The van der Waals surface area contributed by atoms with Gasteiger partial charge in [-0.1, -0.05) is 6.92 Å². The van der Waals surface area contributed by atoms with Gasteiger partial charge in [0, 0.05) is 6.61 Å². The molecule has 14 heteroatoms. The SMILES string of the molecule is CCCOCCOC(=O)OCC(NC(=O)OCCOCCO[N+](=O)[O-])C(=O)O. The van der Waals surface area contributed by atoms with Crippen LogP contribution in [0.3, 0.4) is 0 Å². The smallest absolute Gasteiger partial charge is 0.480 e. The lowest BCUT2D eigenvalue weighted by molar-refractivity contribution is -0.758. The zero-order chi connectivity index (χ0) is 21.2. The zero-order valence-corrected chi connectivity index (χ0v) is 15.3. The van der Waals surface area contributed by atoms with E-state index in [1.54, 1.807) is 0 Å². The molecule has 0 fully saturated rings. The largest absolute Gasteiger partial charge is 0.508 e. The monoisotopic (exact) mass is 412 g/mol. The minimum absolute atomic E-state index is 0.0568. The Morgan fingerprint density at radius 1 is 0.964 bits per heavy atom. The van der Waals surface area contributed by atoms with Crippen molar-refractivity contribution in [3.8, 4) is 0 Å². The number of nitrogens with zero attached hydrogens (tertiary/aromatic N) is 1. The second kappa shape index (κ2) is 16.3. The van der Waals surface area contributed by atoms with Crippen molar-refractivity contribution < 1.29 is 53.1 Å². The number of carbonyl (C=O) groups is 3. The van der Waals surface area contributed by atoms with Gasteiger partial charge in [0.1, 0.15) is 26.4 Å². The van der Waals surface area contributed by atoms with Gasteiger partial charge in [-0.05, 0) is 6.42 Å². The highest BCUT2D eigenvalue weighted by Crippen LogP contribution is 1.94. The highest BCUT2D eigenvalue weighted by atomic mass is 17.0. The molecule has 2 N–H and O–H groups in total. The molecule has 0 bridgehead atoms. The second-order valence-corrected chi connectivity index (χ2v) is 4.86. The molecule has 0 aliphatic carbocycles. The van der Waals surface area contributed by atoms with Gasteiger partial charge in [0.2, 0.25) is 0 Å². The molecule has 0 aromatic rings. The summed E-state index contributed by atoms with van der Waals surface area (Å²) >= 11 is 0. The molecule has 1 amide bonds. The highest BCUT2D eigenvalue weighted by molar-refractivity contribution is 5.80.